The van der Waals surface area contributed by atoms with Crippen LogP contribution in [0.3, 0.4) is 0 Å². The average molecular weight is 433 g/mol. The molecule has 0 bridgehead atoms. The summed E-state index contributed by atoms with van der Waals surface area (Å²) in [5.41, 5.74) is 2.22. The molecule has 2 N–H and O–H groups in total. The summed E-state index contributed by atoms with van der Waals surface area (Å²) in [5.74, 6) is 1.12. The summed E-state index contributed by atoms with van der Waals surface area (Å²) in [4.78, 5) is 24.5. The molecule has 1 atom stereocenters. The zero-order valence-electron chi connectivity index (χ0n) is 18.3. The van der Waals surface area contributed by atoms with Crippen LogP contribution in [0.2, 0.25) is 0 Å². The van der Waals surface area contributed by atoms with E-state index in [-0.39, 0.29) is 25.0 Å². The molecule has 0 aliphatic rings. The monoisotopic (exact) mass is 432 g/mol. The van der Waals surface area contributed by atoms with Gasteiger partial charge in [0, 0.05) is 11.4 Å². The maximum atomic E-state index is 12.4. The molecule has 6 heteroatoms. The third kappa shape index (κ3) is 6.87. The Labute approximate surface area is 188 Å². The number of hydrogen-bond acceptors (Lipinski definition) is 4. The zero-order valence-corrected chi connectivity index (χ0v) is 18.3. The highest BCUT2D eigenvalue weighted by molar-refractivity contribution is 5.95. The predicted molar refractivity (Wildman–Crippen MR) is 126 cm³/mol. The number of carbonyl (C=O) groups is 2. The van der Waals surface area contributed by atoms with Crippen molar-refractivity contribution in [1.29, 1.82) is 0 Å². The molecule has 0 heterocycles. The molecule has 0 saturated carbocycles. The summed E-state index contributed by atoms with van der Waals surface area (Å²) in [6.07, 6.45) is 0.988. The minimum absolute atomic E-state index is 0.102. The summed E-state index contributed by atoms with van der Waals surface area (Å²) >= 11 is 0. The Hall–Kier alpha value is -3.80. The molecule has 6 nitrogen and oxygen atoms in total. The van der Waals surface area contributed by atoms with Crippen LogP contribution in [-0.2, 0) is 9.59 Å². The number of amides is 2. The molecule has 3 rings (SSSR count). The number of rotatable bonds is 10. The highest BCUT2D eigenvalue weighted by Crippen LogP contribution is 2.28. The van der Waals surface area contributed by atoms with Crippen LogP contribution in [0.4, 0.5) is 11.4 Å². The first kappa shape index (κ1) is 22.9. The van der Waals surface area contributed by atoms with Gasteiger partial charge in [0.2, 0.25) is 0 Å². The van der Waals surface area contributed by atoms with E-state index < -0.39 is 0 Å². The zero-order chi connectivity index (χ0) is 22.8. The lowest BCUT2D eigenvalue weighted by atomic mass is 9.98. The van der Waals surface area contributed by atoms with Gasteiger partial charge < -0.3 is 20.1 Å². The van der Waals surface area contributed by atoms with E-state index in [4.69, 9.17) is 9.47 Å². The lowest BCUT2D eigenvalue weighted by molar-refractivity contribution is -0.118. The van der Waals surface area contributed by atoms with E-state index in [0.717, 1.165) is 17.7 Å². The minimum Gasteiger partial charge on any atom is -0.484 e. The van der Waals surface area contributed by atoms with E-state index in [1.54, 1.807) is 36.4 Å². The molecule has 166 valence electrons. The van der Waals surface area contributed by atoms with Gasteiger partial charge in [0.05, 0.1) is 0 Å². The van der Waals surface area contributed by atoms with Crippen LogP contribution >= 0.6 is 0 Å². The van der Waals surface area contributed by atoms with Crippen LogP contribution in [0.25, 0.3) is 0 Å². The topological polar surface area (TPSA) is 76.7 Å². The number of hydrogen-bond donors (Lipinski definition) is 2. The van der Waals surface area contributed by atoms with Crippen molar-refractivity contribution in [2.45, 2.75) is 26.2 Å². The first-order valence-corrected chi connectivity index (χ1v) is 10.6. The molecule has 0 aromatic heterocycles. The van der Waals surface area contributed by atoms with Crippen molar-refractivity contribution < 1.29 is 19.1 Å². The smallest absolute Gasteiger partial charge is 0.262 e. The molecule has 1 unspecified atom stereocenters. The van der Waals surface area contributed by atoms with Gasteiger partial charge in [0.25, 0.3) is 11.8 Å². The minimum atomic E-state index is -0.290. The van der Waals surface area contributed by atoms with Crippen LogP contribution in [0.1, 0.15) is 31.7 Å². The van der Waals surface area contributed by atoms with Crippen LogP contribution < -0.4 is 20.1 Å². The SMILES string of the molecule is CCC(C)c1ccccc1OCC(=O)Nc1cccc(NC(=O)COc2ccccc2)c1. The molecule has 0 aliphatic carbocycles. The lowest BCUT2D eigenvalue weighted by Crippen LogP contribution is -2.21. The number of ether oxygens (including phenoxy) is 2. The fourth-order valence-corrected chi connectivity index (χ4v) is 3.12. The number of anilines is 2. The summed E-state index contributed by atoms with van der Waals surface area (Å²) in [6.45, 7) is 4.04. The Morgan fingerprint density at radius 3 is 2.03 bits per heavy atom. The molecule has 0 saturated heterocycles. The largest absolute Gasteiger partial charge is 0.484 e. The van der Waals surface area contributed by atoms with Crippen molar-refractivity contribution in [3.63, 3.8) is 0 Å². The van der Waals surface area contributed by atoms with E-state index in [2.05, 4.69) is 24.5 Å². The standard InChI is InChI=1S/C26H28N2O4/c1-3-19(2)23-14-7-8-15-24(23)32-18-26(30)28-21-11-9-10-20(16-21)27-25(29)17-31-22-12-5-4-6-13-22/h4-16,19H,3,17-18H2,1-2H3,(H,27,29)(H,28,30). The summed E-state index contributed by atoms with van der Waals surface area (Å²) in [7, 11) is 0. The third-order valence-electron chi connectivity index (χ3n) is 4.96. The summed E-state index contributed by atoms with van der Waals surface area (Å²) in [5, 5.41) is 5.56. The molecular weight excluding hydrogens is 404 g/mol. The fourth-order valence-electron chi connectivity index (χ4n) is 3.12. The van der Waals surface area contributed by atoms with Gasteiger partial charge in [-0.15, -0.1) is 0 Å². The highest BCUT2D eigenvalue weighted by atomic mass is 16.5. The predicted octanol–water partition coefficient (Wildman–Crippen LogP) is 5.24. The van der Waals surface area contributed by atoms with Gasteiger partial charge in [-0.2, -0.15) is 0 Å². The third-order valence-corrected chi connectivity index (χ3v) is 4.96. The quantitative estimate of drug-likeness (QED) is 0.460. The molecule has 0 radical (unpaired) electrons. The van der Waals surface area contributed by atoms with Crippen molar-refractivity contribution in [2.75, 3.05) is 23.8 Å². The van der Waals surface area contributed by atoms with Gasteiger partial charge in [-0.25, -0.2) is 0 Å². The van der Waals surface area contributed by atoms with E-state index in [0.29, 0.717) is 23.0 Å². The number of para-hydroxylation sites is 2. The molecule has 3 aromatic carbocycles. The second-order valence-corrected chi connectivity index (χ2v) is 7.41. The molecule has 2 amide bonds. The van der Waals surface area contributed by atoms with Crippen molar-refractivity contribution >= 4 is 23.2 Å². The van der Waals surface area contributed by atoms with Crippen LogP contribution in [0.5, 0.6) is 11.5 Å². The Morgan fingerprint density at radius 2 is 1.38 bits per heavy atom. The molecule has 0 fully saturated rings. The van der Waals surface area contributed by atoms with Crippen LogP contribution in [0, 0.1) is 0 Å². The van der Waals surface area contributed by atoms with Gasteiger partial charge in [-0.1, -0.05) is 56.3 Å². The van der Waals surface area contributed by atoms with E-state index in [1.165, 1.54) is 0 Å². The second-order valence-electron chi connectivity index (χ2n) is 7.41. The number of nitrogens with one attached hydrogen (secondary N) is 2. The van der Waals surface area contributed by atoms with E-state index >= 15 is 0 Å². The van der Waals surface area contributed by atoms with Crippen molar-refractivity contribution in [2.24, 2.45) is 0 Å². The molecular formula is C26H28N2O4. The Bertz CT molecular complexity index is 1040. The molecule has 0 spiro atoms. The van der Waals surface area contributed by atoms with Gasteiger partial charge >= 0.3 is 0 Å². The lowest BCUT2D eigenvalue weighted by Gasteiger charge is -2.15. The van der Waals surface area contributed by atoms with Crippen molar-refractivity contribution in [3.8, 4) is 11.5 Å². The first-order valence-electron chi connectivity index (χ1n) is 10.6. The Kier molecular flexibility index (Phi) is 8.26. The summed E-state index contributed by atoms with van der Waals surface area (Å²) < 4.78 is 11.2. The first-order chi connectivity index (χ1) is 15.5. The van der Waals surface area contributed by atoms with Gasteiger partial charge in [0.15, 0.2) is 13.2 Å². The number of carbonyl (C=O) groups excluding carboxylic acids is 2. The molecule has 3 aromatic rings. The molecule has 0 aliphatic heterocycles. The highest BCUT2D eigenvalue weighted by Gasteiger charge is 2.12. The number of benzene rings is 3. The Morgan fingerprint density at radius 1 is 0.781 bits per heavy atom. The normalized spacial score (nSPS) is 11.3. The van der Waals surface area contributed by atoms with Gasteiger partial charge in [-0.3, -0.25) is 9.59 Å². The van der Waals surface area contributed by atoms with E-state index in [1.807, 2.05) is 42.5 Å². The van der Waals surface area contributed by atoms with Gasteiger partial charge in [0.1, 0.15) is 11.5 Å². The van der Waals surface area contributed by atoms with Crippen LogP contribution in [-0.4, -0.2) is 25.0 Å². The maximum absolute atomic E-state index is 12.4. The fraction of sp³-hybridized carbons (Fsp3) is 0.231. The average Bonchev–Trinajstić information content (AvgIpc) is 2.82. The van der Waals surface area contributed by atoms with Crippen molar-refractivity contribution in [3.05, 3.63) is 84.4 Å². The molecule has 32 heavy (non-hydrogen) atoms. The maximum Gasteiger partial charge on any atom is 0.262 e. The second kappa shape index (κ2) is 11.6. The summed E-state index contributed by atoms with van der Waals surface area (Å²) in [6, 6.07) is 23.8. The van der Waals surface area contributed by atoms with Crippen molar-refractivity contribution in [1.82, 2.24) is 0 Å². The van der Waals surface area contributed by atoms with Crippen LogP contribution in [0.15, 0.2) is 78.9 Å². The van der Waals surface area contributed by atoms with Gasteiger partial charge in [-0.05, 0) is 54.3 Å². The van der Waals surface area contributed by atoms with E-state index in [9.17, 15) is 9.59 Å². The Balaban J connectivity index is 1.51.